The van der Waals surface area contributed by atoms with Crippen LogP contribution in [0.15, 0.2) is 48.6 Å². The lowest BCUT2D eigenvalue weighted by atomic mass is 9.76. The lowest BCUT2D eigenvalue weighted by Gasteiger charge is -2.33. The van der Waals surface area contributed by atoms with E-state index in [1.165, 1.54) is 154 Å². The van der Waals surface area contributed by atoms with E-state index in [4.69, 9.17) is 9.47 Å². The minimum absolute atomic E-state index is 0.274. The van der Waals surface area contributed by atoms with Crippen LogP contribution < -0.4 is 0 Å². The highest BCUT2D eigenvalue weighted by atomic mass is 16.8. The summed E-state index contributed by atoms with van der Waals surface area (Å²) in [5, 5.41) is 0. The fraction of sp³-hybridized carbons (Fsp3) is 0.830. The number of unbranched alkanes of at least 4 members (excludes halogenated alkanes) is 17. The molecule has 2 aliphatic carbocycles. The number of nitrogens with zero attached hydrogens (tertiary/aromatic N) is 1. The van der Waals surface area contributed by atoms with E-state index in [1.54, 1.807) is 0 Å². The molecule has 2 saturated carbocycles. The van der Waals surface area contributed by atoms with Crippen LogP contribution in [0.25, 0.3) is 0 Å². The average molecular weight is 694 g/mol. The van der Waals surface area contributed by atoms with E-state index in [9.17, 15) is 0 Å². The van der Waals surface area contributed by atoms with E-state index in [2.05, 4.69) is 81.5 Å². The third-order valence-electron chi connectivity index (χ3n) is 12.1. The Morgan fingerprint density at radius 2 is 0.920 bits per heavy atom. The lowest BCUT2D eigenvalue weighted by molar-refractivity contribution is -0.182. The SMILES string of the molecule is CCCC/C=C\C/C=C\CCCCCCCC[C@]1(CCCCCCCC/C=C\C/C=C\CCCCC)CCC2(C1)O[C@@H]1CC(N(C)C)C[C@H]1O2. The van der Waals surface area contributed by atoms with Gasteiger partial charge in [-0.15, -0.1) is 0 Å². The minimum atomic E-state index is -0.274. The number of hydrogen-bond acceptors (Lipinski definition) is 3. The first kappa shape index (κ1) is 43.2. The van der Waals surface area contributed by atoms with E-state index >= 15 is 0 Å². The molecule has 1 spiro atoms. The van der Waals surface area contributed by atoms with Crippen LogP contribution >= 0.6 is 0 Å². The summed E-state index contributed by atoms with van der Waals surface area (Å²) in [6, 6.07) is 0.611. The molecule has 3 fully saturated rings. The Bertz CT molecular complexity index is 935. The van der Waals surface area contributed by atoms with Gasteiger partial charge in [0.25, 0.3) is 0 Å². The second-order valence-corrected chi connectivity index (χ2v) is 16.8. The maximum Gasteiger partial charge on any atom is 0.169 e. The fourth-order valence-electron chi connectivity index (χ4n) is 8.93. The van der Waals surface area contributed by atoms with Gasteiger partial charge in [-0.25, -0.2) is 0 Å². The third-order valence-corrected chi connectivity index (χ3v) is 12.1. The van der Waals surface area contributed by atoms with Crippen molar-refractivity contribution in [3.63, 3.8) is 0 Å². The van der Waals surface area contributed by atoms with Crippen LogP contribution in [0, 0.1) is 5.41 Å². The Balaban J connectivity index is 1.30. The molecule has 1 aliphatic heterocycles. The first-order chi connectivity index (χ1) is 24.5. The summed E-state index contributed by atoms with van der Waals surface area (Å²) >= 11 is 0. The van der Waals surface area contributed by atoms with Gasteiger partial charge in [0.15, 0.2) is 5.79 Å². The molecule has 1 saturated heterocycles. The van der Waals surface area contributed by atoms with Gasteiger partial charge in [-0.05, 0) is 109 Å². The molecular formula is C47H83NO2. The topological polar surface area (TPSA) is 21.7 Å². The van der Waals surface area contributed by atoms with E-state index in [-0.39, 0.29) is 5.79 Å². The monoisotopic (exact) mass is 694 g/mol. The third kappa shape index (κ3) is 17.6. The van der Waals surface area contributed by atoms with Gasteiger partial charge in [0, 0.05) is 18.9 Å². The molecule has 0 radical (unpaired) electrons. The molecule has 3 aliphatic rings. The smallest absolute Gasteiger partial charge is 0.169 e. The Morgan fingerprint density at radius 3 is 1.38 bits per heavy atom. The second kappa shape index (κ2) is 26.6. The van der Waals surface area contributed by atoms with Crippen molar-refractivity contribution >= 4 is 0 Å². The Morgan fingerprint density at radius 1 is 0.500 bits per heavy atom. The quantitative estimate of drug-likeness (QED) is 0.0552. The van der Waals surface area contributed by atoms with Crippen LogP contribution in [0.4, 0.5) is 0 Å². The number of fused-ring (bicyclic) bond motifs is 1. The highest BCUT2D eigenvalue weighted by molar-refractivity contribution is 5.03. The largest absolute Gasteiger partial charge is 0.344 e. The van der Waals surface area contributed by atoms with Crippen molar-refractivity contribution in [1.29, 1.82) is 0 Å². The molecule has 0 bridgehead atoms. The van der Waals surface area contributed by atoms with Crippen LogP contribution in [-0.2, 0) is 9.47 Å². The first-order valence-electron chi connectivity index (χ1n) is 22.1. The molecular weight excluding hydrogens is 611 g/mol. The molecule has 0 N–H and O–H groups in total. The normalized spacial score (nSPS) is 23.9. The van der Waals surface area contributed by atoms with Gasteiger partial charge in [-0.3, -0.25) is 0 Å². The molecule has 50 heavy (non-hydrogen) atoms. The molecule has 0 amide bonds. The van der Waals surface area contributed by atoms with E-state index in [1.807, 2.05) is 0 Å². The van der Waals surface area contributed by atoms with Gasteiger partial charge in [0.2, 0.25) is 0 Å². The predicted octanol–water partition coefficient (Wildman–Crippen LogP) is 14.4. The Hall–Kier alpha value is -1.16. The number of allylic oxidation sites excluding steroid dienone is 8. The van der Waals surface area contributed by atoms with Crippen LogP contribution in [0.5, 0.6) is 0 Å². The van der Waals surface area contributed by atoms with Crippen molar-refractivity contribution in [2.75, 3.05) is 14.1 Å². The molecule has 0 aromatic rings. The molecule has 0 aromatic heterocycles. The molecule has 288 valence electrons. The summed E-state index contributed by atoms with van der Waals surface area (Å²) in [5.74, 6) is -0.274. The van der Waals surface area contributed by atoms with Gasteiger partial charge in [0.05, 0.1) is 12.2 Å². The molecule has 3 atom stereocenters. The Kier molecular flexibility index (Phi) is 23.0. The number of rotatable bonds is 30. The maximum atomic E-state index is 6.86. The number of ether oxygens (including phenoxy) is 2. The van der Waals surface area contributed by atoms with Crippen LogP contribution in [0.3, 0.4) is 0 Å². The van der Waals surface area contributed by atoms with E-state index < -0.39 is 0 Å². The van der Waals surface area contributed by atoms with Gasteiger partial charge < -0.3 is 14.4 Å². The van der Waals surface area contributed by atoms with Crippen molar-refractivity contribution in [2.24, 2.45) is 5.41 Å². The molecule has 3 heteroatoms. The van der Waals surface area contributed by atoms with Gasteiger partial charge >= 0.3 is 0 Å². The van der Waals surface area contributed by atoms with E-state index in [0.717, 1.165) is 38.5 Å². The maximum absolute atomic E-state index is 6.86. The standard InChI is InChI=1S/C47H83NO2/c1-5-7-9-11-13-15-17-19-21-23-25-27-29-31-33-35-37-46(36-34-32-30-28-26-24-22-20-18-16-14-12-10-8-6-2)38-39-47(42-46)49-44-40-43(48(3)4)41-45(44)50-47/h12-15,18-21,43-45H,5-11,16-17,22-42H2,1-4H3/b14-12-,15-13-,20-18-,21-19-/t43?,44-,45-,46+,47?/m1/s1. The van der Waals surface area contributed by atoms with Gasteiger partial charge in [-0.1, -0.05) is 152 Å². The van der Waals surface area contributed by atoms with Crippen molar-refractivity contribution in [1.82, 2.24) is 4.90 Å². The summed E-state index contributed by atoms with van der Waals surface area (Å²) in [5.41, 5.74) is 0.435. The molecule has 3 rings (SSSR count). The van der Waals surface area contributed by atoms with Gasteiger partial charge in [-0.2, -0.15) is 0 Å². The highest BCUT2D eigenvalue weighted by Crippen LogP contribution is 2.57. The summed E-state index contributed by atoms with van der Waals surface area (Å²) in [7, 11) is 4.42. The van der Waals surface area contributed by atoms with Crippen molar-refractivity contribution in [2.45, 2.75) is 231 Å². The zero-order valence-electron chi connectivity index (χ0n) is 33.8. The molecule has 0 aromatic carbocycles. The highest BCUT2D eigenvalue weighted by Gasteiger charge is 2.58. The van der Waals surface area contributed by atoms with Crippen molar-refractivity contribution in [3.05, 3.63) is 48.6 Å². The molecule has 1 heterocycles. The first-order valence-corrected chi connectivity index (χ1v) is 22.1. The predicted molar refractivity (Wildman–Crippen MR) is 219 cm³/mol. The number of hydrogen-bond donors (Lipinski definition) is 0. The van der Waals surface area contributed by atoms with Crippen molar-refractivity contribution in [3.8, 4) is 0 Å². The van der Waals surface area contributed by atoms with Crippen LogP contribution in [-0.4, -0.2) is 43.0 Å². The molecule has 0 unspecified atom stereocenters. The van der Waals surface area contributed by atoms with Crippen LogP contribution in [0.1, 0.15) is 206 Å². The Labute approximate surface area is 312 Å². The second-order valence-electron chi connectivity index (χ2n) is 16.8. The summed E-state index contributed by atoms with van der Waals surface area (Å²) in [6.07, 6.45) is 58.7. The lowest BCUT2D eigenvalue weighted by Crippen LogP contribution is -2.33. The van der Waals surface area contributed by atoms with Gasteiger partial charge in [0.1, 0.15) is 0 Å². The summed E-state index contributed by atoms with van der Waals surface area (Å²) in [6.45, 7) is 4.54. The van der Waals surface area contributed by atoms with Crippen LogP contribution in [0.2, 0.25) is 0 Å². The summed E-state index contributed by atoms with van der Waals surface area (Å²) < 4.78 is 13.7. The zero-order chi connectivity index (χ0) is 35.6. The zero-order valence-corrected chi connectivity index (χ0v) is 33.8. The summed E-state index contributed by atoms with van der Waals surface area (Å²) in [4.78, 5) is 2.37. The molecule has 3 nitrogen and oxygen atoms in total. The minimum Gasteiger partial charge on any atom is -0.344 e. The van der Waals surface area contributed by atoms with Crippen molar-refractivity contribution < 1.29 is 9.47 Å². The average Bonchev–Trinajstić information content (AvgIpc) is 3.77. The van der Waals surface area contributed by atoms with E-state index in [0.29, 0.717) is 23.7 Å². The fourth-order valence-corrected chi connectivity index (χ4v) is 8.93.